The molecule has 2 atom stereocenters. The first kappa shape index (κ1) is 28.7. The number of nitrogens with zero attached hydrogens (tertiary/aromatic N) is 5. The Morgan fingerprint density at radius 2 is 1.91 bits per heavy atom. The summed E-state index contributed by atoms with van der Waals surface area (Å²) in [5, 5.41) is 8.48. The van der Waals surface area contributed by atoms with E-state index in [-0.39, 0.29) is 30.0 Å². The molecule has 0 saturated carbocycles. The third-order valence-electron chi connectivity index (χ3n) is 8.05. The summed E-state index contributed by atoms with van der Waals surface area (Å²) in [7, 11) is 0. The number of hydrogen-bond acceptors (Lipinski definition) is 7. The molecule has 1 aliphatic heterocycles. The maximum absolute atomic E-state index is 15.9. The van der Waals surface area contributed by atoms with Crippen molar-refractivity contribution in [3.05, 3.63) is 91.8 Å². The van der Waals surface area contributed by atoms with Gasteiger partial charge in [-0.25, -0.2) is 13.7 Å². The van der Waals surface area contributed by atoms with E-state index in [1.54, 1.807) is 27.3 Å². The van der Waals surface area contributed by atoms with Crippen molar-refractivity contribution in [2.75, 3.05) is 0 Å². The molecule has 1 aliphatic rings. The van der Waals surface area contributed by atoms with E-state index in [2.05, 4.69) is 24.7 Å². The standard InChI is InChI=1S/C32H35FN6O4/c1-6-9-27-25(29(40)38(30-34-19(3)36-39(27)30)22-14-18(2)42-32(4,5)17-22)15-21-13-12-20(16-26(21)33)23-10-7-8-11-24(23)28-35-31(41)43-37-28/h7-8,10-13,16,18,22H,6,9,14-15,17H2,1-5H3,(H,35,37,41)/t18-,22+/m1/s1. The second-order valence-corrected chi connectivity index (χ2v) is 12.0. The van der Waals surface area contributed by atoms with Gasteiger partial charge in [0.15, 0.2) is 5.82 Å². The third-order valence-corrected chi connectivity index (χ3v) is 8.05. The number of nitrogens with one attached hydrogen (secondary N) is 1. The van der Waals surface area contributed by atoms with Crippen LogP contribution in [-0.4, -0.2) is 41.0 Å². The van der Waals surface area contributed by atoms with Crippen LogP contribution in [-0.2, 0) is 17.6 Å². The zero-order valence-electron chi connectivity index (χ0n) is 25.0. The number of aryl methyl sites for hydroxylation is 2. The van der Waals surface area contributed by atoms with E-state index in [4.69, 9.17) is 4.74 Å². The summed E-state index contributed by atoms with van der Waals surface area (Å²) < 4.78 is 30.2. The Balaban J connectivity index is 1.45. The molecular formula is C32H35FN6O4. The lowest BCUT2D eigenvalue weighted by atomic mass is 9.90. The van der Waals surface area contributed by atoms with Crippen molar-refractivity contribution < 1.29 is 13.7 Å². The van der Waals surface area contributed by atoms with Gasteiger partial charge in [0.25, 0.3) is 5.56 Å². The van der Waals surface area contributed by atoms with Gasteiger partial charge in [0.2, 0.25) is 5.78 Å². The maximum atomic E-state index is 15.9. The predicted molar refractivity (Wildman–Crippen MR) is 160 cm³/mol. The first-order valence-corrected chi connectivity index (χ1v) is 14.7. The minimum Gasteiger partial charge on any atom is -0.372 e. The Labute approximate surface area is 247 Å². The molecule has 5 aromatic rings. The minimum atomic E-state index is -0.668. The monoisotopic (exact) mass is 586 g/mol. The van der Waals surface area contributed by atoms with Gasteiger partial charge >= 0.3 is 5.76 Å². The molecule has 4 heterocycles. The van der Waals surface area contributed by atoms with Gasteiger partial charge < -0.3 is 4.74 Å². The van der Waals surface area contributed by atoms with E-state index in [9.17, 15) is 9.59 Å². The Kier molecular flexibility index (Phi) is 7.37. The van der Waals surface area contributed by atoms with Gasteiger partial charge in [-0.15, -0.1) is 0 Å². The number of halogens is 1. The fourth-order valence-electron chi connectivity index (χ4n) is 6.44. The lowest BCUT2D eigenvalue weighted by Gasteiger charge is -2.40. The molecule has 0 radical (unpaired) electrons. The van der Waals surface area contributed by atoms with Crippen molar-refractivity contribution in [1.82, 2.24) is 29.3 Å². The molecule has 6 rings (SSSR count). The third kappa shape index (κ3) is 5.45. The summed E-state index contributed by atoms with van der Waals surface area (Å²) in [4.78, 5) is 33.2. The molecule has 0 unspecified atom stereocenters. The van der Waals surface area contributed by atoms with Crippen molar-refractivity contribution in [1.29, 1.82) is 0 Å². The summed E-state index contributed by atoms with van der Waals surface area (Å²) in [6.07, 6.45) is 2.76. The molecule has 0 amide bonds. The molecule has 3 aromatic heterocycles. The Morgan fingerprint density at radius 1 is 1.14 bits per heavy atom. The second kappa shape index (κ2) is 11.0. The Bertz CT molecular complexity index is 1930. The molecule has 2 aromatic carbocycles. The van der Waals surface area contributed by atoms with Crippen LogP contribution in [0.4, 0.5) is 4.39 Å². The zero-order chi connectivity index (χ0) is 30.5. The Morgan fingerprint density at radius 3 is 2.58 bits per heavy atom. The number of ether oxygens (including phenoxy) is 1. The summed E-state index contributed by atoms with van der Waals surface area (Å²) in [6.45, 7) is 9.96. The van der Waals surface area contributed by atoms with Gasteiger partial charge in [0.1, 0.15) is 11.6 Å². The lowest BCUT2D eigenvalue weighted by Crippen LogP contribution is -2.43. The van der Waals surface area contributed by atoms with E-state index in [1.807, 2.05) is 52.8 Å². The van der Waals surface area contributed by atoms with E-state index in [0.717, 1.165) is 12.1 Å². The van der Waals surface area contributed by atoms with Crippen molar-refractivity contribution in [2.24, 2.45) is 0 Å². The number of rotatable bonds is 7. The Hall–Kier alpha value is -4.38. The van der Waals surface area contributed by atoms with Gasteiger partial charge in [-0.3, -0.25) is 18.9 Å². The fourth-order valence-corrected chi connectivity index (χ4v) is 6.44. The number of aromatic nitrogens is 6. The number of hydrogen-bond donors (Lipinski definition) is 1. The molecular weight excluding hydrogens is 551 g/mol. The molecule has 43 heavy (non-hydrogen) atoms. The van der Waals surface area contributed by atoms with E-state index < -0.39 is 17.2 Å². The molecule has 11 heteroatoms. The molecule has 1 fully saturated rings. The van der Waals surface area contributed by atoms with Crippen LogP contribution in [0.2, 0.25) is 0 Å². The fraction of sp³-hybridized carbons (Fsp3) is 0.406. The highest BCUT2D eigenvalue weighted by Crippen LogP contribution is 2.36. The van der Waals surface area contributed by atoms with Crippen molar-refractivity contribution in [3.63, 3.8) is 0 Å². The molecule has 0 bridgehead atoms. The van der Waals surface area contributed by atoms with Crippen LogP contribution in [0.1, 0.15) is 75.6 Å². The smallest absolute Gasteiger partial charge is 0.372 e. The molecule has 1 saturated heterocycles. The molecule has 1 N–H and O–H groups in total. The predicted octanol–water partition coefficient (Wildman–Crippen LogP) is 5.41. The quantitative estimate of drug-likeness (QED) is 0.271. The highest BCUT2D eigenvalue weighted by Gasteiger charge is 2.36. The van der Waals surface area contributed by atoms with Crippen LogP contribution in [0.5, 0.6) is 0 Å². The second-order valence-electron chi connectivity index (χ2n) is 12.0. The van der Waals surface area contributed by atoms with Crippen molar-refractivity contribution >= 4 is 5.78 Å². The van der Waals surface area contributed by atoms with E-state index in [0.29, 0.717) is 58.7 Å². The van der Waals surface area contributed by atoms with Crippen molar-refractivity contribution in [3.8, 4) is 22.5 Å². The zero-order valence-corrected chi connectivity index (χ0v) is 25.0. The first-order valence-electron chi connectivity index (χ1n) is 14.7. The number of H-pyrrole nitrogens is 1. The molecule has 10 nitrogen and oxygen atoms in total. The minimum absolute atomic E-state index is 0.0357. The molecule has 0 aliphatic carbocycles. The van der Waals surface area contributed by atoms with Gasteiger partial charge in [-0.05, 0) is 69.7 Å². The summed E-state index contributed by atoms with van der Waals surface area (Å²) >= 11 is 0. The topological polar surface area (TPSA) is 120 Å². The summed E-state index contributed by atoms with van der Waals surface area (Å²) in [5.41, 5.74) is 2.99. The molecule has 224 valence electrons. The SMILES string of the molecule is CCCc1c(Cc2ccc(-c3ccccc3-c3noc(=O)[nH]3)cc2F)c(=O)n([C@H]2C[C@@H](C)OC(C)(C)C2)c2nc(C)nn12. The van der Waals surface area contributed by atoms with Gasteiger partial charge in [0, 0.05) is 23.6 Å². The van der Waals surface area contributed by atoms with Crippen molar-refractivity contribution in [2.45, 2.75) is 84.5 Å². The van der Waals surface area contributed by atoms with Gasteiger partial charge in [0.05, 0.1) is 17.4 Å². The maximum Gasteiger partial charge on any atom is 0.439 e. The number of fused-ring (bicyclic) bond motifs is 1. The summed E-state index contributed by atoms with van der Waals surface area (Å²) in [5.74, 6) is 0.243. The van der Waals surface area contributed by atoms with Gasteiger partial charge in [-0.1, -0.05) is 54.9 Å². The van der Waals surface area contributed by atoms with Crippen LogP contribution in [0.3, 0.4) is 0 Å². The molecule has 0 spiro atoms. The van der Waals surface area contributed by atoms with Crippen LogP contribution in [0.25, 0.3) is 28.3 Å². The number of benzene rings is 2. The number of aromatic amines is 1. The van der Waals surface area contributed by atoms with E-state index in [1.165, 1.54) is 6.07 Å². The average Bonchev–Trinajstić information content (AvgIpc) is 3.55. The van der Waals surface area contributed by atoms with Crippen LogP contribution >= 0.6 is 0 Å². The van der Waals surface area contributed by atoms with E-state index >= 15 is 4.39 Å². The van der Waals surface area contributed by atoms with Crippen LogP contribution in [0, 0.1) is 12.7 Å². The van der Waals surface area contributed by atoms with Crippen LogP contribution in [0.15, 0.2) is 56.6 Å². The van der Waals surface area contributed by atoms with Gasteiger partial charge in [-0.2, -0.15) is 10.1 Å². The highest BCUT2D eigenvalue weighted by molar-refractivity contribution is 5.80. The summed E-state index contributed by atoms with van der Waals surface area (Å²) in [6, 6.07) is 12.1. The first-order chi connectivity index (χ1) is 20.5. The van der Waals surface area contributed by atoms with Crippen LogP contribution < -0.4 is 11.3 Å². The lowest BCUT2D eigenvalue weighted by molar-refractivity contribution is -0.114. The average molecular weight is 587 g/mol. The highest BCUT2D eigenvalue weighted by atomic mass is 19.1. The largest absolute Gasteiger partial charge is 0.439 e. The normalized spacial score (nSPS) is 18.4.